The summed E-state index contributed by atoms with van der Waals surface area (Å²) in [6, 6.07) is 12.8. The molecule has 0 fully saturated rings. The first-order valence-corrected chi connectivity index (χ1v) is 11.4. The van der Waals surface area contributed by atoms with Crippen molar-refractivity contribution in [3.63, 3.8) is 0 Å². The van der Waals surface area contributed by atoms with Gasteiger partial charge in [0.25, 0.3) is 17.0 Å². The molecule has 0 atom stereocenters. The van der Waals surface area contributed by atoms with Crippen LogP contribution in [0.1, 0.15) is 21.0 Å². The predicted octanol–water partition coefficient (Wildman–Crippen LogP) is 5.14. The van der Waals surface area contributed by atoms with Crippen LogP contribution in [0.3, 0.4) is 0 Å². The number of carbonyl (C=O) groups excluding carboxylic acids is 2. The number of benzene rings is 2. The highest BCUT2D eigenvalue weighted by atomic mass is 32.2. The topological polar surface area (TPSA) is 106 Å². The number of hydrogen-bond donors (Lipinski definition) is 2. The maximum absolute atomic E-state index is 13.7. The fourth-order valence-electron chi connectivity index (χ4n) is 3.03. The van der Waals surface area contributed by atoms with Gasteiger partial charge in [0.15, 0.2) is 23.1 Å². The van der Waals surface area contributed by atoms with Crippen molar-refractivity contribution in [1.82, 2.24) is 15.3 Å². The van der Waals surface area contributed by atoms with E-state index in [9.17, 15) is 18.4 Å². The Labute approximate surface area is 202 Å². The number of aromatic nitrogens is 2. The van der Waals surface area contributed by atoms with E-state index in [-0.39, 0.29) is 33.8 Å². The Balaban J connectivity index is 1.51. The lowest BCUT2D eigenvalue weighted by Crippen LogP contribution is -2.18. The van der Waals surface area contributed by atoms with E-state index in [1.165, 1.54) is 25.4 Å². The molecule has 0 unspecified atom stereocenters. The molecular weight excluding hydrogens is 478 g/mol. The van der Waals surface area contributed by atoms with Gasteiger partial charge in [-0.25, -0.2) is 8.78 Å². The number of oxazole rings is 1. The molecule has 8 nitrogen and oxygen atoms in total. The van der Waals surface area contributed by atoms with Crippen LogP contribution in [0, 0.1) is 11.6 Å². The van der Waals surface area contributed by atoms with E-state index in [0.717, 1.165) is 23.9 Å². The van der Waals surface area contributed by atoms with Crippen LogP contribution in [0.4, 0.5) is 14.5 Å². The van der Waals surface area contributed by atoms with Gasteiger partial charge in [-0.2, -0.15) is 4.98 Å². The number of nitrogens with one attached hydrogen (secondary N) is 2. The summed E-state index contributed by atoms with van der Waals surface area (Å²) >= 11 is 1.16. The molecule has 11 heteroatoms. The average molecular weight is 496 g/mol. The molecule has 2 aromatic heterocycles. The van der Waals surface area contributed by atoms with Crippen molar-refractivity contribution in [3.05, 3.63) is 83.8 Å². The number of hydrogen-bond acceptors (Lipinski definition) is 7. The fraction of sp³-hybridized carbons (Fsp3) is 0.0833. The third-order valence-electron chi connectivity index (χ3n) is 4.72. The molecule has 0 radical (unpaired) electrons. The molecule has 2 amide bonds. The quantitative estimate of drug-likeness (QED) is 0.341. The van der Waals surface area contributed by atoms with Crippen LogP contribution in [0.5, 0.6) is 11.5 Å². The lowest BCUT2D eigenvalue weighted by molar-refractivity contribution is 0.0957. The Morgan fingerprint density at radius 1 is 0.971 bits per heavy atom. The van der Waals surface area contributed by atoms with Gasteiger partial charge < -0.3 is 19.8 Å². The highest BCUT2D eigenvalue weighted by molar-refractivity contribution is 7.98. The van der Waals surface area contributed by atoms with Crippen molar-refractivity contribution in [3.8, 4) is 22.8 Å². The molecule has 0 saturated heterocycles. The second kappa shape index (κ2) is 10.3. The molecule has 0 aliphatic carbocycles. The van der Waals surface area contributed by atoms with Crippen LogP contribution in [-0.2, 0) is 0 Å². The number of thioether (sulfide) groups is 1. The molecule has 4 rings (SSSR count). The highest BCUT2D eigenvalue weighted by Crippen LogP contribution is 2.30. The second-order valence-electron chi connectivity index (χ2n) is 7.03. The van der Waals surface area contributed by atoms with Gasteiger partial charge in [0.1, 0.15) is 17.2 Å². The van der Waals surface area contributed by atoms with E-state index < -0.39 is 17.5 Å². The fourth-order valence-corrected chi connectivity index (χ4v) is 3.38. The highest BCUT2D eigenvalue weighted by Gasteiger charge is 2.22. The summed E-state index contributed by atoms with van der Waals surface area (Å²) in [6.07, 6.45) is 3.17. The monoisotopic (exact) mass is 496 g/mol. The zero-order valence-corrected chi connectivity index (χ0v) is 19.3. The first-order valence-electron chi connectivity index (χ1n) is 10.2. The van der Waals surface area contributed by atoms with Crippen molar-refractivity contribution >= 4 is 29.3 Å². The zero-order chi connectivity index (χ0) is 24.9. The largest absolute Gasteiger partial charge is 0.457 e. The number of anilines is 1. The second-order valence-corrected chi connectivity index (χ2v) is 7.78. The summed E-state index contributed by atoms with van der Waals surface area (Å²) in [5, 5.41) is 5.39. The van der Waals surface area contributed by atoms with Gasteiger partial charge >= 0.3 is 0 Å². The maximum atomic E-state index is 13.7. The van der Waals surface area contributed by atoms with Crippen molar-refractivity contribution in [2.24, 2.45) is 0 Å². The number of halogens is 2. The number of carbonyl (C=O) groups is 2. The van der Waals surface area contributed by atoms with Crippen molar-refractivity contribution in [2.45, 2.75) is 5.22 Å². The summed E-state index contributed by atoms with van der Waals surface area (Å²) in [7, 11) is 1.51. The number of pyridine rings is 1. The lowest BCUT2D eigenvalue weighted by Gasteiger charge is -2.09. The third-order valence-corrected chi connectivity index (χ3v) is 5.24. The molecule has 0 aliphatic rings. The normalized spacial score (nSPS) is 10.6. The van der Waals surface area contributed by atoms with Crippen LogP contribution in [-0.4, -0.2) is 35.1 Å². The summed E-state index contributed by atoms with van der Waals surface area (Å²) in [5.74, 6) is -2.10. The van der Waals surface area contributed by atoms with Crippen LogP contribution in [0.15, 0.2) is 70.4 Å². The lowest BCUT2D eigenvalue weighted by atomic mass is 10.1. The molecule has 2 heterocycles. The molecule has 0 spiro atoms. The SMILES string of the molecule is CNC(=O)c1cc(Oc2ccc(NC(=O)c3nc(SC)oc3-c3ccc(F)c(F)c3)cc2)ccn1. The van der Waals surface area contributed by atoms with E-state index >= 15 is 0 Å². The number of ether oxygens (including phenoxy) is 1. The summed E-state index contributed by atoms with van der Waals surface area (Å²) in [5.41, 5.74) is 0.759. The molecule has 4 aromatic rings. The summed E-state index contributed by atoms with van der Waals surface area (Å²) < 4.78 is 38.4. The van der Waals surface area contributed by atoms with Gasteiger partial charge in [-0.15, -0.1) is 0 Å². The first kappa shape index (κ1) is 23.9. The molecule has 35 heavy (non-hydrogen) atoms. The van der Waals surface area contributed by atoms with E-state index in [1.807, 2.05) is 0 Å². The molecule has 2 aromatic carbocycles. The average Bonchev–Trinajstić information content (AvgIpc) is 3.31. The van der Waals surface area contributed by atoms with Crippen LogP contribution >= 0.6 is 11.8 Å². The van der Waals surface area contributed by atoms with Gasteiger partial charge in [0.05, 0.1) is 0 Å². The van der Waals surface area contributed by atoms with Gasteiger partial charge in [-0.3, -0.25) is 14.6 Å². The Morgan fingerprint density at radius 3 is 2.43 bits per heavy atom. The minimum absolute atomic E-state index is 0.0234. The van der Waals surface area contributed by atoms with Gasteiger partial charge in [0, 0.05) is 30.6 Å². The Bertz CT molecular complexity index is 1390. The van der Waals surface area contributed by atoms with E-state index in [0.29, 0.717) is 17.2 Å². The zero-order valence-electron chi connectivity index (χ0n) is 18.5. The van der Waals surface area contributed by atoms with E-state index in [4.69, 9.17) is 9.15 Å². The Hall–Kier alpha value is -4.25. The van der Waals surface area contributed by atoms with Crippen molar-refractivity contribution in [2.75, 3.05) is 18.6 Å². The number of amides is 2. The van der Waals surface area contributed by atoms with Crippen molar-refractivity contribution in [1.29, 1.82) is 0 Å². The summed E-state index contributed by atoms with van der Waals surface area (Å²) in [4.78, 5) is 32.8. The molecule has 0 bridgehead atoms. The predicted molar refractivity (Wildman–Crippen MR) is 126 cm³/mol. The molecule has 2 N–H and O–H groups in total. The van der Waals surface area contributed by atoms with Gasteiger partial charge in [-0.05, 0) is 54.8 Å². The van der Waals surface area contributed by atoms with Gasteiger partial charge in [-0.1, -0.05) is 11.8 Å². The molecule has 0 saturated carbocycles. The van der Waals surface area contributed by atoms with E-state index in [2.05, 4.69) is 20.6 Å². The smallest absolute Gasteiger partial charge is 0.278 e. The number of rotatable bonds is 7. The first-order chi connectivity index (χ1) is 16.9. The maximum Gasteiger partial charge on any atom is 0.278 e. The van der Waals surface area contributed by atoms with Gasteiger partial charge in [0.2, 0.25) is 0 Å². The van der Waals surface area contributed by atoms with E-state index in [1.54, 1.807) is 36.6 Å². The number of nitrogens with zero attached hydrogens (tertiary/aromatic N) is 2. The summed E-state index contributed by atoms with van der Waals surface area (Å²) in [6.45, 7) is 0. The Kier molecular flexibility index (Phi) is 7.06. The third kappa shape index (κ3) is 5.46. The minimum Gasteiger partial charge on any atom is -0.457 e. The van der Waals surface area contributed by atoms with Crippen molar-refractivity contribution < 1.29 is 27.5 Å². The Morgan fingerprint density at radius 2 is 1.74 bits per heavy atom. The molecule has 178 valence electrons. The minimum atomic E-state index is -1.07. The van der Waals surface area contributed by atoms with Crippen LogP contribution < -0.4 is 15.4 Å². The standard InChI is InChI=1S/C24H18F2N4O4S/c1-27-22(31)19-12-16(9-10-28-19)33-15-6-4-14(5-7-15)29-23(32)20-21(34-24(30-20)35-2)13-3-8-17(25)18(26)11-13/h3-12H,1-2H3,(H,27,31)(H,29,32). The van der Waals surface area contributed by atoms with Crippen LogP contribution in [0.2, 0.25) is 0 Å². The molecule has 0 aliphatic heterocycles. The van der Waals surface area contributed by atoms with Crippen LogP contribution in [0.25, 0.3) is 11.3 Å². The molecular formula is C24H18F2N4O4S.